The maximum absolute atomic E-state index is 11.4. The molecule has 1 aromatic rings. The van der Waals surface area contributed by atoms with Crippen molar-refractivity contribution >= 4 is 9.84 Å². The third-order valence-corrected chi connectivity index (χ3v) is 5.67. The van der Waals surface area contributed by atoms with E-state index in [0.717, 1.165) is 31.6 Å². The van der Waals surface area contributed by atoms with Gasteiger partial charge in [0.15, 0.2) is 0 Å². The van der Waals surface area contributed by atoms with Crippen LogP contribution in [0.15, 0.2) is 6.20 Å². The lowest BCUT2D eigenvalue weighted by Crippen LogP contribution is -2.25. The van der Waals surface area contributed by atoms with Crippen LogP contribution in [0.3, 0.4) is 0 Å². The Balaban J connectivity index is 1.83. The van der Waals surface area contributed by atoms with E-state index >= 15 is 0 Å². The maximum Gasteiger partial charge on any atom is 0.150 e. The molecular weight excluding hydrogens is 236 g/mol. The minimum Gasteiger partial charge on any atom is -0.332 e. The van der Waals surface area contributed by atoms with E-state index < -0.39 is 9.84 Å². The summed E-state index contributed by atoms with van der Waals surface area (Å²) in [5.41, 5.74) is 1.33. The topological polar surface area (TPSA) is 52.0 Å². The number of sulfone groups is 1. The molecule has 5 heteroatoms. The van der Waals surface area contributed by atoms with Crippen LogP contribution in [0.1, 0.15) is 43.1 Å². The molecule has 94 valence electrons. The average Bonchev–Trinajstić information content (AvgIpc) is 2.73. The summed E-state index contributed by atoms with van der Waals surface area (Å²) in [5, 5.41) is 0. The summed E-state index contributed by atoms with van der Waals surface area (Å²) in [6.07, 6.45) is 7.08. The Morgan fingerprint density at radius 1 is 1.24 bits per heavy atom. The van der Waals surface area contributed by atoms with E-state index in [-0.39, 0.29) is 0 Å². The first-order valence-electron chi connectivity index (χ1n) is 6.40. The Hall–Kier alpha value is -0.840. The normalized spacial score (nSPS) is 24.5. The van der Waals surface area contributed by atoms with Crippen molar-refractivity contribution in [3.8, 4) is 0 Å². The fourth-order valence-corrected chi connectivity index (χ4v) is 4.43. The molecular formula is C12H18N2O2S. The highest BCUT2D eigenvalue weighted by atomic mass is 32.2. The molecule has 0 aromatic carbocycles. The van der Waals surface area contributed by atoms with Gasteiger partial charge in [-0.25, -0.2) is 13.4 Å². The molecule has 0 spiro atoms. The van der Waals surface area contributed by atoms with Crippen molar-refractivity contribution in [2.75, 3.05) is 11.5 Å². The zero-order chi connectivity index (χ0) is 11.9. The molecule has 3 rings (SSSR count). The molecule has 0 amide bonds. The molecule has 1 saturated heterocycles. The van der Waals surface area contributed by atoms with Gasteiger partial charge in [0, 0.05) is 24.4 Å². The number of nitrogens with zero attached hydrogens (tertiary/aromatic N) is 2. The van der Waals surface area contributed by atoms with Crippen LogP contribution in [-0.4, -0.2) is 29.5 Å². The van der Waals surface area contributed by atoms with E-state index in [0.29, 0.717) is 17.4 Å². The molecule has 0 atom stereocenters. The fourth-order valence-electron chi connectivity index (χ4n) is 2.93. The van der Waals surface area contributed by atoms with Gasteiger partial charge in [-0.15, -0.1) is 0 Å². The van der Waals surface area contributed by atoms with Gasteiger partial charge in [-0.1, -0.05) is 0 Å². The van der Waals surface area contributed by atoms with E-state index in [1.54, 1.807) is 0 Å². The minimum absolute atomic E-state index is 0.333. The lowest BCUT2D eigenvalue weighted by Gasteiger charge is -2.24. The van der Waals surface area contributed by atoms with E-state index in [2.05, 4.69) is 9.55 Å². The molecule has 0 saturated carbocycles. The van der Waals surface area contributed by atoms with Crippen LogP contribution >= 0.6 is 0 Å². The second-order valence-electron chi connectivity index (χ2n) is 5.14. The van der Waals surface area contributed by atoms with E-state index in [1.807, 2.05) is 6.20 Å². The van der Waals surface area contributed by atoms with Crippen molar-refractivity contribution in [1.82, 2.24) is 9.55 Å². The van der Waals surface area contributed by atoms with Crippen molar-refractivity contribution in [1.29, 1.82) is 0 Å². The van der Waals surface area contributed by atoms with Crippen LogP contribution in [0.5, 0.6) is 0 Å². The van der Waals surface area contributed by atoms with E-state index in [4.69, 9.17) is 0 Å². The van der Waals surface area contributed by atoms with Gasteiger partial charge in [0.25, 0.3) is 0 Å². The standard InChI is InChI=1S/C12H18N2O2S/c15-17(16)7-4-10(5-8-17)12-13-9-11-3-1-2-6-14(11)12/h9-10H,1-8H2. The smallest absolute Gasteiger partial charge is 0.150 e. The van der Waals surface area contributed by atoms with Crippen molar-refractivity contribution in [2.45, 2.75) is 44.6 Å². The molecule has 2 aliphatic heterocycles. The first-order valence-corrected chi connectivity index (χ1v) is 8.22. The molecule has 4 nitrogen and oxygen atoms in total. The second kappa shape index (κ2) is 4.12. The Morgan fingerprint density at radius 2 is 2.00 bits per heavy atom. The summed E-state index contributed by atoms with van der Waals surface area (Å²) in [7, 11) is -2.77. The second-order valence-corrected chi connectivity index (χ2v) is 7.45. The molecule has 0 radical (unpaired) electrons. The van der Waals surface area contributed by atoms with Gasteiger partial charge in [-0.3, -0.25) is 0 Å². The summed E-state index contributed by atoms with van der Waals surface area (Å²) >= 11 is 0. The monoisotopic (exact) mass is 254 g/mol. The zero-order valence-corrected chi connectivity index (χ0v) is 10.7. The number of aryl methyl sites for hydroxylation is 1. The van der Waals surface area contributed by atoms with Crippen molar-refractivity contribution in [3.63, 3.8) is 0 Å². The Bertz CT molecular complexity index is 505. The van der Waals surface area contributed by atoms with Gasteiger partial charge in [-0.2, -0.15) is 0 Å². The molecule has 0 bridgehead atoms. The Morgan fingerprint density at radius 3 is 2.76 bits per heavy atom. The van der Waals surface area contributed by atoms with E-state index in [9.17, 15) is 8.42 Å². The highest BCUT2D eigenvalue weighted by molar-refractivity contribution is 7.91. The Labute approximate surface area is 102 Å². The number of hydrogen-bond acceptors (Lipinski definition) is 3. The first kappa shape index (κ1) is 11.3. The highest BCUT2D eigenvalue weighted by Gasteiger charge is 2.28. The molecule has 0 N–H and O–H groups in total. The summed E-state index contributed by atoms with van der Waals surface area (Å²) in [5.74, 6) is 2.15. The van der Waals surface area contributed by atoms with Crippen molar-refractivity contribution in [2.24, 2.45) is 0 Å². The highest BCUT2D eigenvalue weighted by Crippen LogP contribution is 2.30. The molecule has 0 unspecified atom stereocenters. The van der Waals surface area contributed by atoms with Crippen LogP contribution in [0.2, 0.25) is 0 Å². The molecule has 17 heavy (non-hydrogen) atoms. The van der Waals surface area contributed by atoms with Crippen LogP contribution in [0, 0.1) is 0 Å². The van der Waals surface area contributed by atoms with Crippen molar-refractivity contribution < 1.29 is 8.42 Å². The van der Waals surface area contributed by atoms with Gasteiger partial charge < -0.3 is 4.57 Å². The van der Waals surface area contributed by atoms with Gasteiger partial charge in [-0.05, 0) is 32.1 Å². The number of fused-ring (bicyclic) bond motifs is 1. The maximum atomic E-state index is 11.4. The first-order chi connectivity index (χ1) is 8.16. The van der Waals surface area contributed by atoms with Crippen LogP contribution in [-0.2, 0) is 22.8 Å². The quantitative estimate of drug-likeness (QED) is 0.763. The lowest BCUT2D eigenvalue weighted by molar-refractivity contribution is 0.472. The summed E-state index contributed by atoms with van der Waals surface area (Å²) in [6, 6.07) is 0. The predicted octanol–water partition coefficient (Wildman–Crippen LogP) is 1.51. The predicted molar refractivity (Wildman–Crippen MR) is 65.8 cm³/mol. The van der Waals surface area contributed by atoms with Gasteiger partial charge in [0.1, 0.15) is 15.7 Å². The molecule has 3 heterocycles. The molecule has 1 fully saturated rings. The largest absolute Gasteiger partial charge is 0.332 e. The Kier molecular flexibility index (Phi) is 2.73. The van der Waals surface area contributed by atoms with Gasteiger partial charge in [0.2, 0.25) is 0 Å². The van der Waals surface area contributed by atoms with Crippen LogP contribution < -0.4 is 0 Å². The van der Waals surface area contributed by atoms with Crippen LogP contribution in [0.25, 0.3) is 0 Å². The number of imidazole rings is 1. The summed E-state index contributed by atoms with van der Waals surface area (Å²) in [6.45, 7) is 1.06. The average molecular weight is 254 g/mol. The zero-order valence-electron chi connectivity index (χ0n) is 9.93. The van der Waals surface area contributed by atoms with E-state index in [1.165, 1.54) is 18.5 Å². The fraction of sp³-hybridized carbons (Fsp3) is 0.750. The number of hydrogen-bond donors (Lipinski definition) is 0. The number of rotatable bonds is 1. The number of aromatic nitrogens is 2. The van der Waals surface area contributed by atoms with Gasteiger partial charge >= 0.3 is 0 Å². The minimum atomic E-state index is -2.77. The summed E-state index contributed by atoms with van der Waals surface area (Å²) in [4.78, 5) is 4.54. The lowest BCUT2D eigenvalue weighted by atomic mass is 10.0. The summed E-state index contributed by atoms with van der Waals surface area (Å²) < 4.78 is 25.2. The third kappa shape index (κ3) is 2.12. The SMILES string of the molecule is O=S1(=O)CCC(c2ncc3n2CCCC3)CC1. The van der Waals surface area contributed by atoms with Crippen molar-refractivity contribution in [3.05, 3.63) is 17.7 Å². The third-order valence-electron chi connectivity index (χ3n) is 3.95. The van der Waals surface area contributed by atoms with Crippen LogP contribution in [0.4, 0.5) is 0 Å². The molecule has 1 aromatic heterocycles. The molecule has 0 aliphatic carbocycles. The van der Waals surface area contributed by atoms with Gasteiger partial charge in [0.05, 0.1) is 11.5 Å². The molecule has 2 aliphatic rings.